The molecule has 0 fully saturated rings. The molecular formula is C19H18BrClN2O2S. The van der Waals surface area contributed by atoms with Crippen molar-refractivity contribution in [3.63, 3.8) is 0 Å². The van der Waals surface area contributed by atoms with Gasteiger partial charge in [0.2, 0.25) is 0 Å². The highest BCUT2D eigenvalue weighted by Gasteiger charge is 2.23. The molecule has 3 aromatic rings. The van der Waals surface area contributed by atoms with Gasteiger partial charge in [0.1, 0.15) is 10.6 Å². The number of pyridine rings is 1. The van der Waals surface area contributed by atoms with Crippen molar-refractivity contribution in [2.24, 2.45) is 0 Å². The SMILES string of the molecule is CCCCC(NC(=O)c1sc2c(Cl)ccnc2c1Br)c1ccccc1O. The lowest BCUT2D eigenvalue weighted by atomic mass is 10.00. The fraction of sp³-hybridized carbons (Fsp3) is 0.263. The zero-order valence-corrected chi connectivity index (χ0v) is 17.3. The zero-order valence-electron chi connectivity index (χ0n) is 14.1. The Labute approximate surface area is 169 Å². The quantitative estimate of drug-likeness (QED) is 0.475. The van der Waals surface area contributed by atoms with Gasteiger partial charge in [0, 0.05) is 11.8 Å². The molecule has 0 spiro atoms. The van der Waals surface area contributed by atoms with Gasteiger partial charge in [-0.15, -0.1) is 11.3 Å². The molecule has 0 saturated carbocycles. The molecule has 3 rings (SSSR count). The average Bonchev–Trinajstić information content (AvgIpc) is 2.97. The van der Waals surface area contributed by atoms with Crippen LogP contribution in [0.5, 0.6) is 5.75 Å². The zero-order chi connectivity index (χ0) is 18.7. The Morgan fingerprint density at radius 2 is 2.15 bits per heavy atom. The Kier molecular flexibility index (Phi) is 6.16. The van der Waals surface area contributed by atoms with E-state index in [2.05, 4.69) is 33.2 Å². The molecule has 136 valence electrons. The van der Waals surface area contributed by atoms with Gasteiger partial charge in [0.25, 0.3) is 5.91 Å². The molecule has 0 radical (unpaired) electrons. The number of phenols is 1. The molecule has 0 aliphatic carbocycles. The molecule has 0 bridgehead atoms. The number of amides is 1. The highest BCUT2D eigenvalue weighted by atomic mass is 79.9. The van der Waals surface area contributed by atoms with Crippen LogP contribution in [0.4, 0.5) is 0 Å². The van der Waals surface area contributed by atoms with E-state index in [0.29, 0.717) is 19.9 Å². The van der Waals surface area contributed by atoms with E-state index in [1.807, 2.05) is 12.1 Å². The maximum Gasteiger partial charge on any atom is 0.263 e. The Bertz CT molecular complexity index is 944. The van der Waals surface area contributed by atoms with Crippen LogP contribution in [-0.2, 0) is 0 Å². The van der Waals surface area contributed by atoms with Crippen molar-refractivity contribution in [3.05, 3.63) is 56.5 Å². The number of aromatic nitrogens is 1. The first-order valence-electron chi connectivity index (χ1n) is 8.34. The first-order chi connectivity index (χ1) is 12.5. The molecule has 26 heavy (non-hydrogen) atoms. The number of unbranched alkanes of at least 4 members (excludes halogenated alkanes) is 1. The predicted octanol–water partition coefficient (Wildman–Crippen LogP) is 6.08. The van der Waals surface area contributed by atoms with Crippen molar-refractivity contribution in [1.82, 2.24) is 10.3 Å². The molecule has 0 saturated heterocycles. The number of nitrogens with one attached hydrogen (secondary N) is 1. The molecule has 2 N–H and O–H groups in total. The number of hydrogen-bond donors (Lipinski definition) is 2. The summed E-state index contributed by atoms with van der Waals surface area (Å²) < 4.78 is 1.42. The number of carbonyl (C=O) groups is 1. The van der Waals surface area contributed by atoms with E-state index < -0.39 is 0 Å². The second-order valence-electron chi connectivity index (χ2n) is 5.94. The Balaban J connectivity index is 1.92. The largest absolute Gasteiger partial charge is 0.508 e. The lowest BCUT2D eigenvalue weighted by molar-refractivity contribution is 0.0937. The van der Waals surface area contributed by atoms with E-state index in [4.69, 9.17) is 11.6 Å². The van der Waals surface area contributed by atoms with Crippen LogP contribution in [0.15, 0.2) is 41.0 Å². The molecule has 2 heterocycles. The molecule has 2 aromatic heterocycles. The van der Waals surface area contributed by atoms with Gasteiger partial charge < -0.3 is 10.4 Å². The number of nitrogens with zero attached hydrogens (tertiary/aromatic N) is 1. The second kappa shape index (κ2) is 8.37. The smallest absolute Gasteiger partial charge is 0.263 e. The van der Waals surface area contributed by atoms with Crippen LogP contribution >= 0.6 is 38.9 Å². The van der Waals surface area contributed by atoms with E-state index in [-0.39, 0.29) is 17.7 Å². The number of carbonyl (C=O) groups excluding carboxylic acids is 1. The van der Waals surface area contributed by atoms with Crippen LogP contribution in [0.25, 0.3) is 10.2 Å². The van der Waals surface area contributed by atoms with Gasteiger partial charge >= 0.3 is 0 Å². The number of fused-ring (bicyclic) bond motifs is 1. The number of para-hydroxylation sites is 1. The van der Waals surface area contributed by atoms with Gasteiger partial charge in [-0.05, 0) is 34.5 Å². The first kappa shape index (κ1) is 19.1. The summed E-state index contributed by atoms with van der Waals surface area (Å²) in [5.74, 6) is -0.0191. The Hall–Kier alpha value is -1.63. The fourth-order valence-electron chi connectivity index (χ4n) is 2.80. The first-order valence-corrected chi connectivity index (χ1v) is 10.3. The van der Waals surface area contributed by atoms with Crippen molar-refractivity contribution in [1.29, 1.82) is 0 Å². The highest BCUT2D eigenvalue weighted by molar-refractivity contribution is 9.10. The maximum absolute atomic E-state index is 12.9. The molecule has 1 amide bonds. The second-order valence-corrected chi connectivity index (χ2v) is 8.16. The molecule has 1 atom stereocenters. The van der Waals surface area contributed by atoms with Crippen molar-refractivity contribution in [2.45, 2.75) is 32.2 Å². The van der Waals surface area contributed by atoms with Crippen molar-refractivity contribution in [2.75, 3.05) is 0 Å². The van der Waals surface area contributed by atoms with Gasteiger partial charge in [-0.2, -0.15) is 0 Å². The van der Waals surface area contributed by atoms with Crippen LogP contribution in [0.3, 0.4) is 0 Å². The maximum atomic E-state index is 12.9. The number of thiophene rings is 1. The van der Waals surface area contributed by atoms with Crippen LogP contribution in [-0.4, -0.2) is 16.0 Å². The summed E-state index contributed by atoms with van der Waals surface area (Å²) in [7, 11) is 0. The Morgan fingerprint density at radius 1 is 1.38 bits per heavy atom. The van der Waals surface area contributed by atoms with E-state index >= 15 is 0 Å². The van der Waals surface area contributed by atoms with Crippen LogP contribution in [0.2, 0.25) is 5.02 Å². The van der Waals surface area contributed by atoms with Gasteiger partial charge in [-0.1, -0.05) is 49.6 Å². The van der Waals surface area contributed by atoms with Crippen LogP contribution in [0, 0.1) is 0 Å². The van der Waals surface area contributed by atoms with Crippen LogP contribution < -0.4 is 5.32 Å². The number of benzene rings is 1. The van der Waals surface area contributed by atoms with Crippen molar-refractivity contribution < 1.29 is 9.90 Å². The van der Waals surface area contributed by atoms with Crippen molar-refractivity contribution >= 4 is 55.0 Å². The summed E-state index contributed by atoms with van der Waals surface area (Å²) >= 11 is 11.0. The summed E-state index contributed by atoms with van der Waals surface area (Å²) in [6, 6.07) is 8.56. The van der Waals surface area contributed by atoms with Crippen LogP contribution in [0.1, 0.15) is 47.5 Å². The lowest BCUT2D eigenvalue weighted by Gasteiger charge is -2.20. The monoisotopic (exact) mass is 452 g/mol. The average molecular weight is 454 g/mol. The minimum absolute atomic E-state index is 0.189. The standard InChI is InChI=1S/C19H18BrClN2O2S/c1-2-3-7-13(11-6-4-5-8-14(11)24)23-19(25)18-15(20)16-17(26-18)12(21)9-10-22-16/h4-6,8-10,13,24H,2-3,7H2,1H3,(H,23,25). The highest BCUT2D eigenvalue weighted by Crippen LogP contribution is 2.38. The van der Waals surface area contributed by atoms with Gasteiger partial charge in [-0.25, -0.2) is 0 Å². The molecule has 1 aromatic carbocycles. The number of hydrogen-bond acceptors (Lipinski definition) is 4. The van der Waals surface area contributed by atoms with E-state index in [9.17, 15) is 9.90 Å². The summed E-state index contributed by atoms with van der Waals surface area (Å²) in [6.07, 6.45) is 4.32. The van der Waals surface area contributed by atoms with E-state index in [1.165, 1.54) is 11.3 Å². The molecule has 4 nitrogen and oxygen atoms in total. The number of phenolic OH excluding ortho intramolecular Hbond substituents is 1. The third-order valence-electron chi connectivity index (χ3n) is 4.14. The summed E-state index contributed by atoms with van der Waals surface area (Å²) in [4.78, 5) is 17.8. The van der Waals surface area contributed by atoms with E-state index in [1.54, 1.807) is 24.4 Å². The van der Waals surface area contributed by atoms with E-state index in [0.717, 1.165) is 29.5 Å². The van der Waals surface area contributed by atoms with Gasteiger partial charge in [0.05, 0.1) is 25.8 Å². The van der Waals surface area contributed by atoms with Crippen molar-refractivity contribution in [3.8, 4) is 5.75 Å². The predicted molar refractivity (Wildman–Crippen MR) is 110 cm³/mol. The lowest BCUT2D eigenvalue weighted by Crippen LogP contribution is -2.28. The third-order valence-corrected chi connectivity index (χ3v) is 6.81. The molecule has 0 aliphatic heterocycles. The normalized spacial score (nSPS) is 12.3. The molecule has 0 aliphatic rings. The third kappa shape index (κ3) is 3.87. The number of halogens is 2. The summed E-state index contributed by atoms with van der Waals surface area (Å²) in [5, 5.41) is 13.8. The summed E-state index contributed by atoms with van der Waals surface area (Å²) in [5.41, 5.74) is 1.41. The Morgan fingerprint density at radius 3 is 2.85 bits per heavy atom. The topological polar surface area (TPSA) is 62.2 Å². The van der Waals surface area contributed by atoms with Gasteiger partial charge in [-0.3, -0.25) is 9.78 Å². The minimum atomic E-state index is -0.260. The van der Waals surface area contributed by atoms with Gasteiger partial charge in [0.15, 0.2) is 0 Å². The minimum Gasteiger partial charge on any atom is -0.508 e. The fourth-order valence-corrected chi connectivity index (χ4v) is 4.87. The molecule has 7 heteroatoms. The number of aromatic hydroxyl groups is 1. The number of rotatable bonds is 6. The summed E-state index contributed by atoms with van der Waals surface area (Å²) in [6.45, 7) is 2.10. The molecule has 1 unspecified atom stereocenters. The molecular weight excluding hydrogens is 436 g/mol.